The van der Waals surface area contributed by atoms with Gasteiger partial charge in [0.25, 0.3) is 0 Å². The summed E-state index contributed by atoms with van der Waals surface area (Å²) in [5.41, 5.74) is 0. The number of amides is 2. The summed E-state index contributed by atoms with van der Waals surface area (Å²) in [6, 6.07) is 0. The summed E-state index contributed by atoms with van der Waals surface area (Å²) < 4.78 is 4.78. The van der Waals surface area contributed by atoms with Crippen molar-refractivity contribution in [1.82, 2.24) is 4.90 Å². The Kier molecular flexibility index (Phi) is 6.01. The predicted molar refractivity (Wildman–Crippen MR) is 65.6 cm³/mol. The topological polar surface area (TPSA) is 46.6 Å². The molecule has 4 nitrogen and oxygen atoms in total. The molecule has 1 heterocycles. The molecule has 4 heteroatoms. The van der Waals surface area contributed by atoms with Gasteiger partial charge >= 0.3 is 6.09 Å². The number of unbranched alkanes of at least 4 members (excludes halogenated alkanes) is 1. The smallest absolute Gasteiger partial charge is 0.416 e. The molecule has 1 aliphatic rings. The molecule has 0 aliphatic carbocycles. The molecule has 0 bridgehead atoms. The van der Waals surface area contributed by atoms with Gasteiger partial charge in [0, 0.05) is 6.42 Å². The number of imide groups is 1. The fourth-order valence-corrected chi connectivity index (χ4v) is 2.23. The van der Waals surface area contributed by atoms with Crippen molar-refractivity contribution >= 4 is 12.0 Å². The van der Waals surface area contributed by atoms with Crippen LogP contribution in [0.3, 0.4) is 0 Å². The van der Waals surface area contributed by atoms with Gasteiger partial charge in [0.1, 0.15) is 6.61 Å². The number of cyclic esters (lactones) is 1. The van der Waals surface area contributed by atoms with Crippen molar-refractivity contribution in [3.8, 4) is 0 Å². The van der Waals surface area contributed by atoms with Crippen molar-refractivity contribution in [3.05, 3.63) is 0 Å². The van der Waals surface area contributed by atoms with Crippen LogP contribution in [0.1, 0.15) is 52.4 Å². The van der Waals surface area contributed by atoms with E-state index in [1.54, 1.807) is 0 Å². The first kappa shape index (κ1) is 14.0. The molecule has 0 aromatic carbocycles. The van der Waals surface area contributed by atoms with Gasteiger partial charge in [-0.25, -0.2) is 9.69 Å². The highest BCUT2D eigenvalue weighted by atomic mass is 16.6. The van der Waals surface area contributed by atoms with E-state index in [-0.39, 0.29) is 5.91 Å². The van der Waals surface area contributed by atoms with Crippen molar-refractivity contribution in [3.63, 3.8) is 0 Å². The van der Waals surface area contributed by atoms with Gasteiger partial charge in [-0.1, -0.05) is 39.5 Å². The van der Waals surface area contributed by atoms with E-state index in [1.165, 1.54) is 4.90 Å². The highest BCUT2D eigenvalue weighted by molar-refractivity contribution is 5.93. The second-order valence-corrected chi connectivity index (χ2v) is 4.66. The summed E-state index contributed by atoms with van der Waals surface area (Å²) in [5.74, 6) is 0.350. The Balaban J connectivity index is 2.42. The van der Waals surface area contributed by atoms with E-state index in [1.807, 2.05) is 0 Å². The normalized spacial score (nSPS) is 17.1. The number of rotatable bonds is 7. The third kappa shape index (κ3) is 4.36. The molecular formula is C13H23NO3. The van der Waals surface area contributed by atoms with Crippen LogP contribution in [0.25, 0.3) is 0 Å². The number of carbonyl (C=O) groups excluding carboxylic acids is 2. The zero-order valence-corrected chi connectivity index (χ0v) is 10.9. The molecule has 0 radical (unpaired) electrons. The number of hydrogen-bond donors (Lipinski definition) is 0. The van der Waals surface area contributed by atoms with Gasteiger partial charge in [0.2, 0.25) is 5.91 Å². The summed E-state index contributed by atoms with van der Waals surface area (Å²) in [5, 5.41) is 0. The van der Waals surface area contributed by atoms with E-state index in [4.69, 9.17) is 4.74 Å². The third-order valence-corrected chi connectivity index (χ3v) is 3.19. The molecule has 1 atom stereocenters. The summed E-state index contributed by atoms with van der Waals surface area (Å²) in [4.78, 5) is 24.4. The van der Waals surface area contributed by atoms with Crippen LogP contribution in [-0.4, -0.2) is 30.1 Å². The van der Waals surface area contributed by atoms with E-state index >= 15 is 0 Å². The highest BCUT2D eigenvalue weighted by Gasteiger charge is 2.29. The summed E-state index contributed by atoms with van der Waals surface area (Å²) >= 11 is 0. The Bertz CT molecular complexity index is 265. The Labute approximate surface area is 103 Å². The van der Waals surface area contributed by atoms with Gasteiger partial charge in [-0.2, -0.15) is 0 Å². The standard InChI is InChI=1S/C13H23NO3/c1-3-5-7-11(6-4-2)10-12(15)14-8-9-17-13(14)16/h11H,3-10H2,1-2H3. The number of hydrogen-bond acceptors (Lipinski definition) is 3. The minimum Gasteiger partial charge on any atom is -0.447 e. The van der Waals surface area contributed by atoms with Gasteiger partial charge in [-0.15, -0.1) is 0 Å². The van der Waals surface area contributed by atoms with Crippen molar-refractivity contribution in [2.75, 3.05) is 13.2 Å². The zero-order valence-electron chi connectivity index (χ0n) is 10.9. The molecule has 0 aromatic heterocycles. The number of ether oxygens (including phenoxy) is 1. The van der Waals surface area contributed by atoms with E-state index in [0.29, 0.717) is 25.5 Å². The molecule has 17 heavy (non-hydrogen) atoms. The van der Waals surface area contributed by atoms with Crippen molar-refractivity contribution in [2.45, 2.75) is 52.4 Å². The lowest BCUT2D eigenvalue weighted by Gasteiger charge is -2.18. The maximum atomic E-state index is 11.9. The minimum absolute atomic E-state index is 0.0675. The Morgan fingerprint density at radius 2 is 2.12 bits per heavy atom. The molecule has 0 aromatic rings. The van der Waals surface area contributed by atoms with Gasteiger partial charge in [0.05, 0.1) is 6.54 Å². The second kappa shape index (κ2) is 7.30. The number of carbonyl (C=O) groups is 2. The van der Waals surface area contributed by atoms with Crippen LogP contribution in [0.4, 0.5) is 4.79 Å². The molecule has 98 valence electrons. The lowest BCUT2D eigenvalue weighted by molar-refractivity contribution is -0.128. The second-order valence-electron chi connectivity index (χ2n) is 4.66. The SMILES string of the molecule is CCCCC(CCC)CC(=O)N1CCOC1=O. The van der Waals surface area contributed by atoms with E-state index < -0.39 is 6.09 Å². The Morgan fingerprint density at radius 1 is 1.35 bits per heavy atom. The molecule has 0 saturated carbocycles. The summed E-state index contributed by atoms with van der Waals surface area (Å²) in [6.07, 6.45) is 5.56. The Hall–Kier alpha value is -1.06. The van der Waals surface area contributed by atoms with Crippen molar-refractivity contribution in [2.24, 2.45) is 5.92 Å². The Morgan fingerprint density at radius 3 is 2.65 bits per heavy atom. The quantitative estimate of drug-likeness (QED) is 0.688. The molecule has 0 N–H and O–H groups in total. The molecule has 0 spiro atoms. The molecule has 1 saturated heterocycles. The van der Waals surface area contributed by atoms with Crippen molar-refractivity contribution in [1.29, 1.82) is 0 Å². The van der Waals surface area contributed by atoms with Gasteiger partial charge in [-0.05, 0) is 12.3 Å². The largest absolute Gasteiger partial charge is 0.447 e. The zero-order chi connectivity index (χ0) is 12.7. The fourth-order valence-electron chi connectivity index (χ4n) is 2.23. The molecular weight excluding hydrogens is 218 g/mol. The monoisotopic (exact) mass is 241 g/mol. The predicted octanol–water partition coefficient (Wildman–Crippen LogP) is 2.96. The van der Waals surface area contributed by atoms with Gasteiger partial charge < -0.3 is 4.74 Å². The van der Waals surface area contributed by atoms with Crippen LogP contribution >= 0.6 is 0 Å². The van der Waals surface area contributed by atoms with Gasteiger partial charge in [0.15, 0.2) is 0 Å². The van der Waals surface area contributed by atoms with Gasteiger partial charge in [-0.3, -0.25) is 4.79 Å². The van der Waals surface area contributed by atoms with Crippen LogP contribution in [0.2, 0.25) is 0 Å². The maximum Gasteiger partial charge on any atom is 0.416 e. The number of nitrogens with zero attached hydrogens (tertiary/aromatic N) is 1. The van der Waals surface area contributed by atoms with E-state index in [0.717, 1.165) is 32.1 Å². The lowest BCUT2D eigenvalue weighted by atomic mass is 9.93. The van der Waals surface area contributed by atoms with Crippen LogP contribution in [-0.2, 0) is 9.53 Å². The summed E-state index contributed by atoms with van der Waals surface area (Å²) in [7, 11) is 0. The molecule has 1 aliphatic heterocycles. The van der Waals surface area contributed by atoms with Crippen LogP contribution in [0, 0.1) is 5.92 Å². The first-order valence-corrected chi connectivity index (χ1v) is 6.66. The van der Waals surface area contributed by atoms with E-state index in [2.05, 4.69) is 13.8 Å². The van der Waals surface area contributed by atoms with E-state index in [9.17, 15) is 9.59 Å². The lowest BCUT2D eigenvalue weighted by Crippen LogP contribution is -2.32. The van der Waals surface area contributed by atoms with Crippen molar-refractivity contribution < 1.29 is 14.3 Å². The average Bonchev–Trinajstić information content (AvgIpc) is 2.72. The molecule has 1 fully saturated rings. The average molecular weight is 241 g/mol. The summed E-state index contributed by atoms with van der Waals surface area (Å²) in [6.45, 7) is 5.05. The molecule has 1 rings (SSSR count). The molecule has 1 unspecified atom stereocenters. The van der Waals surface area contributed by atoms with Crippen LogP contribution in [0.15, 0.2) is 0 Å². The van der Waals surface area contributed by atoms with Crippen LogP contribution < -0.4 is 0 Å². The first-order valence-electron chi connectivity index (χ1n) is 6.66. The van der Waals surface area contributed by atoms with Crippen LogP contribution in [0.5, 0.6) is 0 Å². The third-order valence-electron chi connectivity index (χ3n) is 3.19. The highest BCUT2D eigenvalue weighted by Crippen LogP contribution is 2.20. The fraction of sp³-hybridized carbons (Fsp3) is 0.846. The maximum absolute atomic E-state index is 11.9. The molecule has 2 amide bonds. The minimum atomic E-state index is -0.472. The first-order chi connectivity index (χ1) is 8.19.